The first-order valence-corrected chi connectivity index (χ1v) is 11.2. The number of carbonyl (C=O) groups is 1. The van der Waals surface area contributed by atoms with Gasteiger partial charge < -0.3 is 9.64 Å². The molecule has 7 nitrogen and oxygen atoms in total. The van der Waals surface area contributed by atoms with E-state index in [9.17, 15) is 13.2 Å². The van der Waals surface area contributed by atoms with Gasteiger partial charge in [-0.2, -0.15) is 5.10 Å². The SMILES string of the molecule is COCCN(C(=O)c1cnn(-c2ccc(Br)cc2)c1C)C1CCS(=O)(=O)C1. The second-order valence-electron chi connectivity index (χ2n) is 6.58. The number of sulfone groups is 1. The van der Waals surface area contributed by atoms with Crippen LogP contribution >= 0.6 is 15.9 Å². The molecule has 1 aromatic carbocycles. The van der Waals surface area contributed by atoms with Crippen molar-refractivity contribution in [3.8, 4) is 5.69 Å². The molecule has 0 radical (unpaired) electrons. The van der Waals surface area contributed by atoms with Crippen LogP contribution in [0.2, 0.25) is 0 Å². The zero-order valence-electron chi connectivity index (χ0n) is 15.3. The largest absolute Gasteiger partial charge is 0.383 e. The average molecular weight is 456 g/mol. The van der Waals surface area contributed by atoms with Crippen LogP contribution in [0, 0.1) is 6.92 Å². The number of nitrogens with zero attached hydrogens (tertiary/aromatic N) is 3. The summed E-state index contributed by atoms with van der Waals surface area (Å²) in [6.07, 6.45) is 2.00. The predicted molar refractivity (Wildman–Crippen MR) is 106 cm³/mol. The molecule has 0 spiro atoms. The van der Waals surface area contributed by atoms with Crippen LogP contribution < -0.4 is 0 Å². The maximum absolute atomic E-state index is 13.2. The van der Waals surface area contributed by atoms with Crippen LogP contribution in [-0.2, 0) is 14.6 Å². The molecule has 1 fully saturated rings. The summed E-state index contributed by atoms with van der Waals surface area (Å²) in [7, 11) is -1.53. The molecule has 2 aromatic rings. The predicted octanol–water partition coefficient (Wildman–Crippen LogP) is 2.22. The third kappa shape index (κ3) is 4.41. The Morgan fingerprint density at radius 3 is 2.67 bits per heavy atom. The molecule has 1 amide bonds. The molecular formula is C18H22BrN3O4S. The standard InChI is InChI=1S/C18H22BrN3O4S/c1-13-17(11-20-22(13)15-5-3-14(19)4-6-15)18(23)21(8-9-26-2)16-7-10-27(24,25)12-16/h3-6,11,16H,7-10,12H2,1-2H3. The fraction of sp³-hybridized carbons (Fsp3) is 0.444. The first-order valence-electron chi connectivity index (χ1n) is 8.63. The molecule has 1 aliphatic rings. The van der Waals surface area contributed by atoms with Gasteiger partial charge in [-0.1, -0.05) is 15.9 Å². The lowest BCUT2D eigenvalue weighted by molar-refractivity contribution is 0.0623. The van der Waals surface area contributed by atoms with Crippen molar-refractivity contribution in [3.05, 3.63) is 46.2 Å². The van der Waals surface area contributed by atoms with Gasteiger partial charge in [-0.15, -0.1) is 0 Å². The van der Waals surface area contributed by atoms with E-state index in [-0.39, 0.29) is 23.5 Å². The van der Waals surface area contributed by atoms with Gasteiger partial charge in [-0.3, -0.25) is 4.79 Å². The first-order chi connectivity index (χ1) is 12.8. The molecule has 1 atom stereocenters. The van der Waals surface area contributed by atoms with E-state index in [0.29, 0.717) is 30.8 Å². The number of hydrogen-bond acceptors (Lipinski definition) is 5. The molecule has 9 heteroatoms. The first kappa shape index (κ1) is 20.0. The highest BCUT2D eigenvalue weighted by Crippen LogP contribution is 2.23. The summed E-state index contributed by atoms with van der Waals surface area (Å²) in [6.45, 7) is 2.53. The van der Waals surface area contributed by atoms with Gasteiger partial charge in [0, 0.05) is 24.2 Å². The molecule has 0 N–H and O–H groups in total. The highest BCUT2D eigenvalue weighted by molar-refractivity contribution is 9.10. The Balaban J connectivity index is 1.89. The Morgan fingerprint density at radius 2 is 2.07 bits per heavy atom. The summed E-state index contributed by atoms with van der Waals surface area (Å²) in [5.74, 6) is -0.0940. The molecule has 146 valence electrons. The van der Waals surface area contributed by atoms with Crippen LogP contribution in [0.5, 0.6) is 0 Å². The molecule has 0 bridgehead atoms. The summed E-state index contributed by atoms with van der Waals surface area (Å²) in [5.41, 5.74) is 2.03. The molecule has 3 rings (SSSR count). The van der Waals surface area contributed by atoms with Crippen LogP contribution in [0.4, 0.5) is 0 Å². The Hall–Kier alpha value is -1.71. The summed E-state index contributed by atoms with van der Waals surface area (Å²) in [4.78, 5) is 14.8. The van der Waals surface area contributed by atoms with Crippen molar-refractivity contribution in [2.45, 2.75) is 19.4 Å². The van der Waals surface area contributed by atoms with Crippen LogP contribution in [0.15, 0.2) is 34.9 Å². The fourth-order valence-corrected chi connectivity index (χ4v) is 5.27. The van der Waals surface area contributed by atoms with E-state index >= 15 is 0 Å². The van der Waals surface area contributed by atoms with Crippen molar-refractivity contribution in [3.63, 3.8) is 0 Å². The average Bonchev–Trinajstić information content (AvgIpc) is 3.18. The van der Waals surface area contributed by atoms with E-state index in [4.69, 9.17) is 4.74 Å². The number of rotatable bonds is 6. The number of amides is 1. The van der Waals surface area contributed by atoms with Gasteiger partial charge in [-0.25, -0.2) is 13.1 Å². The van der Waals surface area contributed by atoms with Gasteiger partial charge in [0.05, 0.1) is 41.3 Å². The third-order valence-corrected chi connectivity index (χ3v) is 7.04. The number of carbonyl (C=O) groups excluding carboxylic acids is 1. The van der Waals surface area contributed by atoms with Crippen molar-refractivity contribution in [2.24, 2.45) is 0 Å². The van der Waals surface area contributed by atoms with Gasteiger partial charge in [-0.05, 0) is 37.6 Å². The summed E-state index contributed by atoms with van der Waals surface area (Å²) in [5, 5.41) is 4.36. The Labute approximate surface area is 167 Å². The summed E-state index contributed by atoms with van der Waals surface area (Å²) >= 11 is 3.40. The molecule has 1 saturated heterocycles. The van der Waals surface area contributed by atoms with E-state index in [1.54, 1.807) is 22.9 Å². The second kappa shape index (κ2) is 8.12. The molecule has 1 aliphatic heterocycles. The van der Waals surface area contributed by atoms with Crippen LogP contribution in [-0.4, -0.2) is 66.8 Å². The molecule has 0 aliphatic carbocycles. The topological polar surface area (TPSA) is 81.5 Å². The lowest BCUT2D eigenvalue weighted by Gasteiger charge is -2.28. The van der Waals surface area contributed by atoms with E-state index in [0.717, 1.165) is 10.2 Å². The number of hydrogen-bond donors (Lipinski definition) is 0. The molecule has 0 saturated carbocycles. The van der Waals surface area contributed by atoms with E-state index in [2.05, 4.69) is 21.0 Å². The zero-order chi connectivity index (χ0) is 19.6. The maximum Gasteiger partial charge on any atom is 0.257 e. The van der Waals surface area contributed by atoms with Gasteiger partial charge in [0.15, 0.2) is 9.84 Å². The molecule has 2 heterocycles. The number of ether oxygens (including phenoxy) is 1. The molecule has 27 heavy (non-hydrogen) atoms. The molecule has 1 unspecified atom stereocenters. The maximum atomic E-state index is 13.2. The quantitative estimate of drug-likeness (QED) is 0.666. The van der Waals surface area contributed by atoms with Gasteiger partial charge in [0.1, 0.15) is 0 Å². The minimum atomic E-state index is -3.09. The summed E-state index contributed by atoms with van der Waals surface area (Å²) in [6, 6.07) is 7.31. The lowest BCUT2D eigenvalue weighted by atomic mass is 10.1. The van der Waals surface area contributed by atoms with Crippen molar-refractivity contribution in [1.29, 1.82) is 0 Å². The Kier molecular flexibility index (Phi) is 6.02. The molecule has 1 aromatic heterocycles. The highest BCUT2D eigenvalue weighted by Gasteiger charge is 2.35. The van der Waals surface area contributed by atoms with E-state index in [1.807, 2.05) is 31.2 Å². The van der Waals surface area contributed by atoms with Gasteiger partial charge >= 0.3 is 0 Å². The smallest absolute Gasteiger partial charge is 0.257 e. The number of aromatic nitrogens is 2. The number of halogens is 1. The third-order valence-electron chi connectivity index (χ3n) is 4.76. The van der Waals surface area contributed by atoms with Crippen molar-refractivity contribution in [1.82, 2.24) is 14.7 Å². The van der Waals surface area contributed by atoms with Crippen molar-refractivity contribution >= 4 is 31.7 Å². The lowest BCUT2D eigenvalue weighted by Crippen LogP contribution is -2.43. The van der Waals surface area contributed by atoms with Crippen LogP contribution in [0.1, 0.15) is 22.5 Å². The monoisotopic (exact) mass is 455 g/mol. The number of benzene rings is 1. The normalized spacial score (nSPS) is 18.6. The van der Waals surface area contributed by atoms with Crippen LogP contribution in [0.25, 0.3) is 5.69 Å². The fourth-order valence-electron chi connectivity index (χ4n) is 3.28. The second-order valence-corrected chi connectivity index (χ2v) is 9.72. The van der Waals surface area contributed by atoms with Gasteiger partial charge in [0.2, 0.25) is 0 Å². The van der Waals surface area contributed by atoms with Crippen molar-refractivity contribution in [2.75, 3.05) is 31.8 Å². The zero-order valence-corrected chi connectivity index (χ0v) is 17.7. The van der Waals surface area contributed by atoms with Crippen LogP contribution in [0.3, 0.4) is 0 Å². The van der Waals surface area contributed by atoms with E-state index < -0.39 is 9.84 Å². The minimum Gasteiger partial charge on any atom is -0.383 e. The van der Waals surface area contributed by atoms with Crippen molar-refractivity contribution < 1.29 is 17.9 Å². The minimum absolute atomic E-state index is 0.00233. The van der Waals surface area contributed by atoms with E-state index in [1.165, 1.54) is 0 Å². The summed E-state index contributed by atoms with van der Waals surface area (Å²) < 4.78 is 31.5. The molecular weight excluding hydrogens is 434 g/mol. The highest BCUT2D eigenvalue weighted by atomic mass is 79.9. The van der Waals surface area contributed by atoms with Gasteiger partial charge in [0.25, 0.3) is 5.91 Å². The Morgan fingerprint density at radius 1 is 1.37 bits per heavy atom. The number of methoxy groups -OCH3 is 1. The Bertz CT molecular complexity index is 925.